The van der Waals surface area contributed by atoms with Crippen molar-refractivity contribution in [2.24, 2.45) is 0 Å². The molecule has 1 atom stereocenters. The van der Waals surface area contributed by atoms with Gasteiger partial charge < -0.3 is 5.32 Å². The highest BCUT2D eigenvalue weighted by molar-refractivity contribution is 6.00. The number of rotatable bonds is 12. The third kappa shape index (κ3) is 6.12. The van der Waals surface area contributed by atoms with E-state index in [9.17, 15) is 4.79 Å². The molecule has 0 radical (unpaired) electrons. The normalized spacial score (nSPS) is 13.5. The molecule has 2 aromatic carbocycles. The smallest absolute Gasteiger partial charge is 0.256 e. The van der Waals surface area contributed by atoms with Gasteiger partial charge in [-0.05, 0) is 56.4 Å². The second-order valence-corrected chi connectivity index (χ2v) is 9.27. The molecule has 1 amide bonds. The van der Waals surface area contributed by atoms with Crippen LogP contribution in [0.3, 0.4) is 0 Å². The summed E-state index contributed by atoms with van der Waals surface area (Å²) in [4.78, 5) is 14.2. The predicted octanol–water partition coefficient (Wildman–Crippen LogP) is 7.81. The van der Waals surface area contributed by atoms with Crippen LogP contribution in [0.4, 0.5) is 0 Å². The maximum atomic E-state index is 14.2. The fourth-order valence-corrected chi connectivity index (χ4v) is 4.70. The Balaban J connectivity index is 2.22. The summed E-state index contributed by atoms with van der Waals surface area (Å²) in [6.07, 6.45) is 11.9. The van der Waals surface area contributed by atoms with E-state index in [2.05, 4.69) is 50.9 Å². The number of carbonyl (C=O) groups excluding carboxylic acids is 1. The number of amides is 1. The minimum absolute atomic E-state index is 0.0918. The van der Waals surface area contributed by atoms with Gasteiger partial charge in [-0.25, -0.2) is 4.68 Å². The molecular weight excluding hydrogens is 442 g/mol. The molecule has 4 heteroatoms. The average Bonchev–Trinajstić information content (AvgIpc) is 3.27. The van der Waals surface area contributed by atoms with Crippen molar-refractivity contribution in [2.45, 2.75) is 65.3 Å². The van der Waals surface area contributed by atoms with Gasteiger partial charge in [-0.3, -0.25) is 4.79 Å². The molecule has 0 saturated carbocycles. The molecule has 36 heavy (non-hydrogen) atoms. The zero-order valence-corrected chi connectivity index (χ0v) is 22.1. The van der Waals surface area contributed by atoms with Gasteiger partial charge in [-0.15, -0.1) is 0 Å². The summed E-state index contributed by atoms with van der Waals surface area (Å²) >= 11 is 0. The lowest BCUT2D eigenvalue weighted by molar-refractivity contribution is 0.0898. The van der Waals surface area contributed by atoms with Crippen LogP contribution in [0, 0.1) is 0 Å². The van der Waals surface area contributed by atoms with E-state index in [1.165, 1.54) is 0 Å². The second-order valence-electron chi connectivity index (χ2n) is 9.27. The van der Waals surface area contributed by atoms with Gasteiger partial charge in [0.05, 0.1) is 22.5 Å². The highest BCUT2D eigenvalue weighted by Crippen LogP contribution is 2.31. The lowest BCUT2D eigenvalue weighted by Gasteiger charge is -2.31. The Labute approximate surface area is 216 Å². The van der Waals surface area contributed by atoms with Gasteiger partial charge in [-0.2, -0.15) is 5.10 Å². The van der Waals surface area contributed by atoms with Gasteiger partial charge in [-0.1, -0.05) is 106 Å². The van der Waals surface area contributed by atoms with E-state index in [0.717, 1.165) is 48.2 Å². The Hall–Kier alpha value is -3.66. The van der Waals surface area contributed by atoms with Crippen molar-refractivity contribution in [1.29, 1.82) is 0 Å². The fraction of sp³-hybridized carbons (Fsp3) is 0.312. The van der Waals surface area contributed by atoms with Gasteiger partial charge in [0.15, 0.2) is 0 Å². The van der Waals surface area contributed by atoms with Crippen molar-refractivity contribution in [3.05, 3.63) is 114 Å². The third-order valence-corrected chi connectivity index (χ3v) is 6.44. The number of para-hydroxylation sites is 1. The number of hydrogen-bond donors (Lipinski definition) is 1. The number of nitrogens with one attached hydrogen (secondary N) is 1. The molecule has 1 aromatic heterocycles. The van der Waals surface area contributed by atoms with Gasteiger partial charge >= 0.3 is 0 Å². The minimum atomic E-state index is -0.492. The highest BCUT2D eigenvalue weighted by atomic mass is 16.1. The van der Waals surface area contributed by atoms with Gasteiger partial charge in [0.25, 0.3) is 5.91 Å². The fourth-order valence-electron chi connectivity index (χ4n) is 4.70. The minimum Gasteiger partial charge on any atom is -0.343 e. The molecule has 0 aliphatic carbocycles. The third-order valence-electron chi connectivity index (χ3n) is 6.44. The summed E-state index contributed by atoms with van der Waals surface area (Å²) in [5.74, 6) is -0.0918. The van der Waals surface area contributed by atoms with Gasteiger partial charge in [0, 0.05) is 0 Å². The van der Waals surface area contributed by atoms with E-state index in [0.29, 0.717) is 17.7 Å². The molecule has 3 rings (SSSR count). The van der Waals surface area contributed by atoms with E-state index < -0.39 is 5.54 Å². The van der Waals surface area contributed by atoms with Crippen LogP contribution >= 0.6 is 0 Å². The first-order valence-electron chi connectivity index (χ1n) is 13.0. The molecule has 0 bridgehead atoms. The quantitative estimate of drug-likeness (QED) is 0.212. The molecule has 0 spiro atoms. The summed E-state index contributed by atoms with van der Waals surface area (Å²) in [6.45, 7) is 12.3. The summed E-state index contributed by atoms with van der Waals surface area (Å²) in [5, 5.41) is 8.47. The lowest BCUT2D eigenvalue weighted by Crippen LogP contribution is -2.44. The largest absolute Gasteiger partial charge is 0.343 e. The van der Waals surface area contributed by atoms with Crippen molar-refractivity contribution in [3.8, 4) is 5.69 Å². The molecule has 1 heterocycles. The van der Waals surface area contributed by atoms with Crippen LogP contribution in [-0.4, -0.2) is 15.7 Å². The molecule has 4 nitrogen and oxygen atoms in total. The number of hydrogen-bond acceptors (Lipinski definition) is 2. The second kappa shape index (κ2) is 12.9. The maximum absolute atomic E-state index is 14.2. The van der Waals surface area contributed by atoms with Crippen molar-refractivity contribution in [1.82, 2.24) is 15.1 Å². The van der Waals surface area contributed by atoms with Gasteiger partial charge in [0.2, 0.25) is 0 Å². The molecule has 1 unspecified atom stereocenters. The first-order chi connectivity index (χ1) is 17.5. The van der Waals surface area contributed by atoms with Crippen molar-refractivity contribution < 1.29 is 4.79 Å². The molecule has 0 saturated heterocycles. The van der Waals surface area contributed by atoms with E-state index in [1.54, 1.807) is 6.08 Å². The Morgan fingerprint density at radius 2 is 1.72 bits per heavy atom. The van der Waals surface area contributed by atoms with Crippen molar-refractivity contribution in [3.63, 3.8) is 0 Å². The average molecular weight is 482 g/mol. The monoisotopic (exact) mass is 481 g/mol. The molecule has 0 fully saturated rings. The Morgan fingerprint density at radius 1 is 1.06 bits per heavy atom. The van der Waals surface area contributed by atoms with Crippen LogP contribution in [-0.2, 0) is 12.0 Å². The Bertz CT molecular complexity index is 1200. The predicted molar refractivity (Wildman–Crippen MR) is 151 cm³/mol. The summed E-state index contributed by atoms with van der Waals surface area (Å²) < 4.78 is 1.94. The van der Waals surface area contributed by atoms with Crippen LogP contribution in [0.25, 0.3) is 11.3 Å². The molecule has 188 valence electrons. The van der Waals surface area contributed by atoms with Crippen molar-refractivity contribution in [2.75, 3.05) is 0 Å². The van der Waals surface area contributed by atoms with E-state index in [1.807, 2.05) is 72.3 Å². The van der Waals surface area contributed by atoms with E-state index in [-0.39, 0.29) is 5.91 Å². The molecule has 3 aromatic rings. The summed E-state index contributed by atoms with van der Waals surface area (Å²) in [5.41, 5.74) is 4.82. The number of benzene rings is 2. The standard InChI is InChI=1S/C32H39N3O/c1-6-10-19-25(17-7-2)30-29(28(18-8-3)35(34-30)27-22-15-12-16-23-27)31(36)33-32(5,24-9-4)26-20-13-11-14-21-26/h6-7,10-17,20-23H,2,8-9,18-19,24H2,1,3-5H3,(H,33,36)/b10-6-,25-17+. The van der Waals surface area contributed by atoms with Crippen LogP contribution in [0.15, 0.2) is 91.5 Å². The Kier molecular flexibility index (Phi) is 9.63. The summed E-state index contributed by atoms with van der Waals surface area (Å²) in [6, 6.07) is 20.3. The van der Waals surface area contributed by atoms with Crippen LogP contribution < -0.4 is 5.32 Å². The first-order valence-corrected chi connectivity index (χ1v) is 13.0. The molecule has 0 aliphatic rings. The number of nitrogens with zero attached hydrogens (tertiary/aromatic N) is 2. The number of allylic oxidation sites excluding steroid dienone is 5. The summed E-state index contributed by atoms with van der Waals surface area (Å²) in [7, 11) is 0. The van der Waals surface area contributed by atoms with Crippen molar-refractivity contribution >= 4 is 11.5 Å². The molecule has 1 N–H and O–H groups in total. The van der Waals surface area contributed by atoms with E-state index in [4.69, 9.17) is 5.10 Å². The topological polar surface area (TPSA) is 46.9 Å². The molecule has 0 aliphatic heterocycles. The zero-order chi connectivity index (χ0) is 26.0. The van der Waals surface area contributed by atoms with Crippen LogP contribution in [0.5, 0.6) is 0 Å². The number of aromatic nitrogens is 2. The number of carbonyl (C=O) groups is 1. The highest BCUT2D eigenvalue weighted by Gasteiger charge is 2.32. The Morgan fingerprint density at radius 3 is 2.31 bits per heavy atom. The van der Waals surface area contributed by atoms with Gasteiger partial charge in [0.1, 0.15) is 5.69 Å². The maximum Gasteiger partial charge on any atom is 0.256 e. The van der Waals surface area contributed by atoms with Crippen LogP contribution in [0.1, 0.15) is 80.7 Å². The van der Waals surface area contributed by atoms with E-state index >= 15 is 0 Å². The van der Waals surface area contributed by atoms with Crippen LogP contribution in [0.2, 0.25) is 0 Å². The SMILES string of the molecule is C=C/C=C(\C/C=C\C)c1nn(-c2ccccc2)c(CCC)c1C(=O)NC(C)(CCC)c1ccccc1. The zero-order valence-electron chi connectivity index (χ0n) is 22.1. The first kappa shape index (κ1) is 26.9. The lowest BCUT2D eigenvalue weighted by atomic mass is 9.87. The molecular formula is C32H39N3O.